The maximum Gasteiger partial charge on any atom is 0.228 e. The average Bonchev–Trinajstić information content (AvgIpc) is 3.67. The molecule has 1 amide bonds. The summed E-state index contributed by atoms with van der Waals surface area (Å²) >= 11 is 0. The Bertz CT molecular complexity index is 1350. The minimum absolute atomic E-state index is 0.0107. The molecule has 0 radical (unpaired) electrons. The molecule has 7 aliphatic rings. The van der Waals surface area contributed by atoms with Gasteiger partial charge in [0.1, 0.15) is 11.7 Å². The van der Waals surface area contributed by atoms with Crippen LogP contribution in [-0.4, -0.2) is 70.3 Å². The second-order valence-corrected chi connectivity index (χ2v) is 12.8. The molecule has 2 saturated carbocycles. The molecule has 0 aromatic heterocycles. The first-order valence-corrected chi connectivity index (χ1v) is 14.3. The minimum Gasteiger partial charge on any atom is -0.504 e. The number of aliphatic hydroxyl groups is 1. The standard InChI is InChI=1S/C32H36N2O4/c1-33(15-11-20-5-3-2-4-6-20)28(36)23-18-30-12-13-32(23,37)29-31(30)14-16-34(19-21-7-8-21)25(30)17-22-9-10-24(35)27(38-29)26(22)31/h2-6,9-10,12-13,21,23,25,29,35,37H,7-8,11,14-19H2,1H3/t23-,25-,29-,30-,31+,32+/m1/s1. The largest absolute Gasteiger partial charge is 0.504 e. The Hall–Kier alpha value is -2.83. The molecule has 3 fully saturated rings. The van der Waals surface area contributed by atoms with Gasteiger partial charge < -0.3 is 19.8 Å². The van der Waals surface area contributed by atoms with Crippen molar-refractivity contribution in [2.75, 3.05) is 26.7 Å². The third-order valence-electron chi connectivity index (χ3n) is 11.0. The smallest absolute Gasteiger partial charge is 0.228 e. The Kier molecular flexibility index (Phi) is 4.64. The number of carbonyl (C=O) groups is 1. The van der Waals surface area contributed by atoms with Crippen LogP contribution in [0.3, 0.4) is 0 Å². The van der Waals surface area contributed by atoms with Gasteiger partial charge in [0.2, 0.25) is 5.91 Å². The van der Waals surface area contributed by atoms with Crippen LogP contribution in [0.25, 0.3) is 0 Å². The van der Waals surface area contributed by atoms with Crippen LogP contribution in [0.4, 0.5) is 0 Å². The molecule has 38 heavy (non-hydrogen) atoms. The first-order chi connectivity index (χ1) is 18.4. The van der Waals surface area contributed by atoms with Gasteiger partial charge in [0, 0.05) is 37.2 Å². The fraction of sp³-hybridized carbons (Fsp3) is 0.531. The molecule has 0 unspecified atom stereocenters. The molecule has 198 valence electrons. The average molecular weight is 513 g/mol. The summed E-state index contributed by atoms with van der Waals surface area (Å²) in [6, 6.07) is 14.3. The van der Waals surface area contributed by atoms with Gasteiger partial charge in [0.05, 0.1) is 11.3 Å². The number of likely N-dealkylation sites (tertiary alicyclic amines) is 1. The molecule has 1 saturated heterocycles. The van der Waals surface area contributed by atoms with E-state index in [9.17, 15) is 15.0 Å². The summed E-state index contributed by atoms with van der Waals surface area (Å²) in [6.45, 7) is 2.68. The van der Waals surface area contributed by atoms with E-state index in [2.05, 4.69) is 29.2 Å². The Morgan fingerprint density at radius 1 is 1.16 bits per heavy atom. The van der Waals surface area contributed by atoms with E-state index in [0.717, 1.165) is 43.8 Å². The summed E-state index contributed by atoms with van der Waals surface area (Å²) in [5, 5.41) is 23.3. The van der Waals surface area contributed by atoms with E-state index < -0.39 is 23.0 Å². The van der Waals surface area contributed by atoms with Crippen molar-refractivity contribution in [3.8, 4) is 11.5 Å². The number of amides is 1. The fourth-order valence-electron chi connectivity index (χ4n) is 9.08. The number of fused-ring (bicyclic) bond motifs is 1. The number of phenolic OH excluding ortho intramolecular Hbond substituents is 1. The Balaban J connectivity index is 1.20. The van der Waals surface area contributed by atoms with E-state index >= 15 is 0 Å². The van der Waals surface area contributed by atoms with Crippen LogP contribution in [0.5, 0.6) is 11.5 Å². The molecular formula is C32H36N2O4. The normalized spacial score (nSPS) is 37.6. The van der Waals surface area contributed by atoms with Crippen LogP contribution in [0.2, 0.25) is 0 Å². The maximum atomic E-state index is 14.1. The molecule has 2 heterocycles. The van der Waals surface area contributed by atoms with Crippen LogP contribution in [0, 0.1) is 17.3 Å². The summed E-state index contributed by atoms with van der Waals surface area (Å²) in [5.41, 5.74) is 1.41. The molecule has 2 aromatic carbocycles. The third kappa shape index (κ3) is 2.78. The lowest BCUT2D eigenvalue weighted by atomic mass is 9.37. The number of likely N-dealkylation sites (N-methyl/N-ethyl adjacent to an activating group) is 1. The van der Waals surface area contributed by atoms with Gasteiger partial charge in [0.15, 0.2) is 11.5 Å². The Morgan fingerprint density at radius 3 is 2.76 bits per heavy atom. The number of benzene rings is 2. The van der Waals surface area contributed by atoms with Gasteiger partial charge in [0.25, 0.3) is 0 Å². The highest BCUT2D eigenvalue weighted by molar-refractivity contribution is 5.82. The lowest BCUT2D eigenvalue weighted by Crippen LogP contribution is -2.80. The highest BCUT2D eigenvalue weighted by Crippen LogP contribution is 2.74. The van der Waals surface area contributed by atoms with Gasteiger partial charge in [-0.2, -0.15) is 0 Å². The summed E-state index contributed by atoms with van der Waals surface area (Å²) in [7, 11) is 1.86. The molecule has 5 aliphatic carbocycles. The number of rotatable bonds is 6. The predicted octanol–water partition coefficient (Wildman–Crippen LogP) is 3.44. The zero-order valence-corrected chi connectivity index (χ0v) is 22.0. The number of phenols is 1. The summed E-state index contributed by atoms with van der Waals surface area (Å²) in [5.74, 6) is 0.879. The van der Waals surface area contributed by atoms with E-state index in [1.807, 2.05) is 31.3 Å². The zero-order valence-electron chi connectivity index (χ0n) is 22.0. The van der Waals surface area contributed by atoms with Gasteiger partial charge in [-0.15, -0.1) is 0 Å². The number of piperidine rings is 1. The number of nitrogens with zero attached hydrogens (tertiary/aromatic N) is 2. The number of aromatic hydroxyl groups is 1. The third-order valence-corrected chi connectivity index (χ3v) is 11.0. The van der Waals surface area contributed by atoms with E-state index in [1.165, 1.54) is 24.0 Å². The van der Waals surface area contributed by atoms with Crippen molar-refractivity contribution in [3.63, 3.8) is 0 Å². The van der Waals surface area contributed by atoms with Crippen LogP contribution in [0.15, 0.2) is 54.6 Å². The Morgan fingerprint density at radius 2 is 1.97 bits per heavy atom. The van der Waals surface area contributed by atoms with Crippen molar-refractivity contribution in [2.45, 2.75) is 61.7 Å². The van der Waals surface area contributed by atoms with Crippen molar-refractivity contribution < 1.29 is 19.7 Å². The molecule has 6 atom stereocenters. The molecule has 4 bridgehead atoms. The summed E-state index contributed by atoms with van der Waals surface area (Å²) < 4.78 is 6.62. The number of hydrogen-bond donors (Lipinski definition) is 2. The van der Waals surface area contributed by atoms with Gasteiger partial charge >= 0.3 is 0 Å². The highest BCUT2D eigenvalue weighted by Gasteiger charge is 2.79. The second-order valence-electron chi connectivity index (χ2n) is 12.8. The van der Waals surface area contributed by atoms with Crippen molar-refractivity contribution in [3.05, 3.63) is 71.3 Å². The van der Waals surface area contributed by atoms with Crippen molar-refractivity contribution in [1.29, 1.82) is 0 Å². The van der Waals surface area contributed by atoms with E-state index in [4.69, 9.17) is 4.74 Å². The first-order valence-electron chi connectivity index (χ1n) is 14.3. The monoisotopic (exact) mass is 512 g/mol. The summed E-state index contributed by atoms with van der Waals surface area (Å²) in [4.78, 5) is 18.6. The molecule has 6 heteroatoms. The van der Waals surface area contributed by atoms with Crippen LogP contribution in [-0.2, 0) is 23.1 Å². The SMILES string of the molecule is CN(CCc1ccccc1)C(=O)[C@H]1C[C@@]23C=C[C@@]1(O)[C@@H]1Oc4c(O)ccc5c4[C@@]12CCN(CC1CC1)[C@@H]3C5. The number of ether oxygens (including phenoxy) is 1. The predicted molar refractivity (Wildman–Crippen MR) is 143 cm³/mol. The Labute approximate surface area is 223 Å². The quantitative estimate of drug-likeness (QED) is 0.581. The lowest BCUT2D eigenvalue weighted by molar-refractivity contribution is -0.210. The van der Waals surface area contributed by atoms with E-state index in [0.29, 0.717) is 18.7 Å². The summed E-state index contributed by atoms with van der Waals surface area (Å²) in [6.07, 6.45) is 9.39. The number of carbonyl (C=O) groups excluding carboxylic acids is 1. The lowest BCUT2D eigenvalue weighted by Gasteiger charge is -2.70. The molecule has 6 nitrogen and oxygen atoms in total. The highest BCUT2D eigenvalue weighted by atomic mass is 16.5. The van der Waals surface area contributed by atoms with E-state index in [-0.39, 0.29) is 23.1 Å². The molecule has 2 aromatic rings. The van der Waals surface area contributed by atoms with Crippen LogP contribution < -0.4 is 4.74 Å². The van der Waals surface area contributed by atoms with Crippen molar-refractivity contribution >= 4 is 5.91 Å². The van der Waals surface area contributed by atoms with Gasteiger partial charge in [-0.25, -0.2) is 0 Å². The molecular weight excluding hydrogens is 476 g/mol. The molecule has 2 spiro atoms. The number of hydrogen-bond acceptors (Lipinski definition) is 5. The molecule has 2 N–H and O–H groups in total. The van der Waals surface area contributed by atoms with Gasteiger partial charge in [-0.3, -0.25) is 9.69 Å². The van der Waals surface area contributed by atoms with Gasteiger partial charge in [-0.05, 0) is 68.2 Å². The maximum absolute atomic E-state index is 14.1. The molecule has 9 rings (SSSR count). The topological polar surface area (TPSA) is 73.2 Å². The van der Waals surface area contributed by atoms with Crippen molar-refractivity contribution in [1.82, 2.24) is 9.80 Å². The molecule has 2 aliphatic heterocycles. The fourth-order valence-corrected chi connectivity index (χ4v) is 9.08. The second kappa shape index (κ2) is 7.64. The van der Waals surface area contributed by atoms with Crippen molar-refractivity contribution in [2.24, 2.45) is 17.3 Å². The zero-order chi connectivity index (χ0) is 25.9. The first kappa shape index (κ1) is 23.1. The van der Waals surface area contributed by atoms with Crippen LogP contribution in [0.1, 0.15) is 42.4 Å². The van der Waals surface area contributed by atoms with Crippen LogP contribution >= 0.6 is 0 Å². The van der Waals surface area contributed by atoms with Gasteiger partial charge in [-0.1, -0.05) is 48.6 Å². The minimum atomic E-state index is -1.41. The van der Waals surface area contributed by atoms with E-state index in [1.54, 1.807) is 11.0 Å².